The summed E-state index contributed by atoms with van der Waals surface area (Å²) in [4.78, 5) is 3.95. The molecule has 0 unspecified atom stereocenters. The second-order valence-corrected chi connectivity index (χ2v) is 4.18. The first-order valence-electron chi connectivity index (χ1n) is 5.25. The number of anilines is 1. The van der Waals surface area contributed by atoms with Crippen molar-refractivity contribution in [1.82, 2.24) is 4.98 Å². The van der Waals surface area contributed by atoms with E-state index in [4.69, 9.17) is 22.1 Å². The number of benzene rings is 1. The lowest BCUT2D eigenvalue weighted by molar-refractivity contribution is 0.307. The fourth-order valence-electron chi connectivity index (χ4n) is 1.45. The van der Waals surface area contributed by atoms with Crippen LogP contribution in [-0.2, 0) is 6.61 Å². The van der Waals surface area contributed by atoms with Gasteiger partial charge in [-0.25, -0.2) is 4.98 Å². The minimum Gasteiger partial charge on any atom is -0.485 e. The minimum atomic E-state index is 0.384. The van der Waals surface area contributed by atoms with Crippen LogP contribution in [0.2, 0.25) is 5.02 Å². The van der Waals surface area contributed by atoms with Gasteiger partial charge in [-0.2, -0.15) is 0 Å². The molecule has 0 aliphatic carbocycles. The minimum absolute atomic E-state index is 0.384. The van der Waals surface area contributed by atoms with Gasteiger partial charge in [0.05, 0.1) is 0 Å². The summed E-state index contributed by atoms with van der Waals surface area (Å²) in [7, 11) is 0. The number of halogens is 1. The zero-order valence-corrected chi connectivity index (χ0v) is 10.2. The van der Waals surface area contributed by atoms with E-state index in [-0.39, 0.29) is 0 Å². The number of nitrogens with two attached hydrogens (primary N) is 1. The topological polar surface area (TPSA) is 48.1 Å². The molecule has 0 spiro atoms. The van der Waals surface area contributed by atoms with E-state index in [1.54, 1.807) is 18.3 Å². The van der Waals surface area contributed by atoms with Gasteiger partial charge in [-0.3, -0.25) is 0 Å². The molecule has 2 N–H and O–H groups in total. The zero-order valence-electron chi connectivity index (χ0n) is 9.48. The molecule has 17 heavy (non-hydrogen) atoms. The Kier molecular flexibility index (Phi) is 3.49. The fourth-order valence-corrected chi connectivity index (χ4v) is 1.74. The molecule has 0 saturated carbocycles. The van der Waals surface area contributed by atoms with E-state index in [2.05, 4.69) is 4.98 Å². The Bertz CT molecular complexity index is 529. The van der Waals surface area contributed by atoms with Crippen molar-refractivity contribution < 1.29 is 4.74 Å². The van der Waals surface area contributed by atoms with E-state index in [1.165, 1.54) is 0 Å². The first kappa shape index (κ1) is 11.7. The van der Waals surface area contributed by atoms with Crippen molar-refractivity contribution in [2.45, 2.75) is 13.5 Å². The maximum Gasteiger partial charge on any atom is 0.166 e. The van der Waals surface area contributed by atoms with Gasteiger partial charge < -0.3 is 10.5 Å². The van der Waals surface area contributed by atoms with Gasteiger partial charge in [0.2, 0.25) is 0 Å². The van der Waals surface area contributed by atoms with Gasteiger partial charge in [0.15, 0.2) is 11.6 Å². The fraction of sp³-hybridized carbons (Fsp3) is 0.154. The number of pyridine rings is 1. The molecule has 88 valence electrons. The quantitative estimate of drug-likeness (QED) is 0.907. The van der Waals surface area contributed by atoms with Gasteiger partial charge in [-0.05, 0) is 30.7 Å². The number of aromatic nitrogens is 1. The van der Waals surface area contributed by atoms with Crippen LogP contribution in [0.15, 0.2) is 36.5 Å². The largest absolute Gasteiger partial charge is 0.485 e. The summed E-state index contributed by atoms with van der Waals surface area (Å²) in [6.45, 7) is 2.38. The zero-order chi connectivity index (χ0) is 12.3. The molecule has 1 aromatic carbocycles. The molecule has 0 fully saturated rings. The summed E-state index contributed by atoms with van der Waals surface area (Å²) in [5.74, 6) is 0.958. The number of rotatable bonds is 3. The van der Waals surface area contributed by atoms with Crippen LogP contribution in [0, 0.1) is 6.92 Å². The summed E-state index contributed by atoms with van der Waals surface area (Å²) in [5.41, 5.74) is 7.73. The van der Waals surface area contributed by atoms with Crippen molar-refractivity contribution in [2.75, 3.05) is 5.73 Å². The van der Waals surface area contributed by atoms with Crippen LogP contribution in [0.5, 0.6) is 5.75 Å². The standard InChI is InChI=1S/C13H13ClN2O/c1-9-4-5-10(11(14)7-9)8-17-12-3-2-6-16-13(12)15/h2-7H,8H2,1H3,(H2,15,16). The van der Waals surface area contributed by atoms with Crippen LogP contribution in [0.25, 0.3) is 0 Å². The predicted molar refractivity (Wildman–Crippen MR) is 69.2 cm³/mol. The van der Waals surface area contributed by atoms with Crippen LogP contribution in [0.4, 0.5) is 5.82 Å². The monoisotopic (exact) mass is 248 g/mol. The third-order valence-electron chi connectivity index (χ3n) is 2.39. The predicted octanol–water partition coefficient (Wildman–Crippen LogP) is 3.20. The Morgan fingerprint density at radius 3 is 2.88 bits per heavy atom. The highest BCUT2D eigenvalue weighted by Crippen LogP contribution is 2.22. The van der Waals surface area contributed by atoms with Gasteiger partial charge in [-0.15, -0.1) is 0 Å². The van der Waals surface area contributed by atoms with Gasteiger partial charge in [-0.1, -0.05) is 23.7 Å². The van der Waals surface area contributed by atoms with Crippen molar-refractivity contribution in [3.63, 3.8) is 0 Å². The summed E-state index contributed by atoms with van der Waals surface area (Å²) in [6.07, 6.45) is 1.63. The highest BCUT2D eigenvalue weighted by molar-refractivity contribution is 6.31. The lowest BCUT2D eigenvalue weighted by Gasteiger charge is -2.09. The highest BCUT2D eigenvalue weighted by atomic mass is 35.5. The van der Waals surface area contributed by atoms with Gasteiger partial charge in [0, 0.05) is 16.8 Å². The average molecular weight is 249 g/mol. The summed E-state index contributed by atoms with van der Waals surface area (Å²) in [6, 6.07) is 9.42. The molecule has 2 aromatic rings. The Labute approximate surface area is 105 Å². The first-order valence-corrected chi connectivity index (χ1v) is 5.63. The second kappa shape index (κ2) is 5.06. The molecule has 0 radical (unpaired) electrons. The Morgan fingerprint density at radius 2 is 2.18 bits per heavy atom. The molecular formula is C13H13ClN2O. The summed E-state index contributed by atoms with van der Waals surface area (Å²) < 4.78 is 5.57. The Morgan fingerprint density at radius 1 is 1.35 bits per heavy atom. The van der Waals surface area contributed by atoms with Gasteiger partial charge >= 0.3 is 0 Å². The smallest absolute Gasteiger partial charge is 0.166 e. The van der Waals surface area contributed by atoms with Crippen LogP contribution >= 0.6 is 11.6 Å². The number of ether oxygens (including phenoxy) is 1. The Balaban J connectivity index is 2.10. The molecule has 1 heterocycles. The van der Waals surface area contributed by atoms with Crippen LogP contribution in [0.1, 0.15) is 11.1 Å². The van der Waals surface area contributed by atoms with Gasteiger partial charge in [0.25, 0.3) is 0 Å². The summed E-state index contributed by atoms with van der Waals surface area (Å²) >= 11 is 6.11. The van der Waals surface area contributed by atoms with E-state index >= 15 is 0 Å². The Hall–Kier alpha value is -1.74. The third kappa shape index (κ3) is 2.88. The lowest BCUT2D eigenvalue weighted by atomic mass is 10.2. The molecule has 0 saturated heterocycles. The van der Waals surface area contributed by atoms with Crippen molar-refractivity contribution >= 4 is 17.4 Å². The van der Waals surface area contributed by atoms with Crippen LogP contribution < -0.4 is 10.5 Å². The molecular weight excluding hydrogens is 236 g/mol. The number of nitrogen functional groups attached to an aromatic ring is 1. The number of aryl methyl sites for hydroxylation is 1. The number of nitrogens with zero attached hydrogens (tertiary/aromatic N) is 1. The molecule has 0 bridgehead atoms. The number of hydrogen-bond donors (Lipinski definition) is 1. The second-order valence-electron chi connectivity index (χ2n) is 3.77. The number of hydrogen-bond acceptors (Lipinski definition) is 3. The normalized spacial score (nSPS) is 10.2. The van der Waals surface area contributed by atoms with E-state index in [0.717, 1.165) is 11.1 Å². The highest BCUT2D eigenvalue weighted by Gasteiger charge is 2.04. The molecule has 0 atom stereocenters. The van der Waals surface area contributed by atoms with E-state index < -0.39 is 0 Å². The maximum absolute atomic E-state index is 6.11. The molecule has 1 aromatic heterocycles. The molecule has 0 aliphatic rings. The van der Waals surface area contributed by atoms with Gasteiger partial charge in [0.1, 0.15) is 6.61 Å². The van der Waals surface area contributed by atoms with E-state index in [9.17, 15) is 0 Å². The van der Waals surface area contributed by atoms with Crippen molar-refractivity contribution in [2.24, 2.45) is 0 Å². The molecule has 2 rings (SSSR count). The molecule has 3 nitrogen and oxygen atoms in total. The van der Waals surface area contributed by atoms with Crippen molar-refractivity contribution in [3.8, 4) is 5.75 Å². The van der Waals surface area contributed by atoms with E-state index in [1.807, 2.05) is 25.1 Å². The summed E-state index contributed by atoms with van der Waals surface area (Å²) in [5, 5.41) is 0.701. The molecule has 0 aliphatic heterocycles. The lowest BCUT2D eigenvalue weighted by Crippen LogP contribution is -2.00. The third-order valence-corrected chi connectivity index (χ3v) is 2.74. The van der Waals surface area contributed by atoms with Crippen LogP contribution in [0.3, 0.4) is 0 Å². The maximum atomic E-state index is 6.11. The average Bonchev–Trinajstić information content (AvgIpc) is 2.30. The van der Waals surface area contributed by atoms with E-state index in [0.29, 0.717) is 23.2 Å². The van der Waals surface area contributed by atoms with Crippen LogP contribution in [-0.4, -0.2) is 4.98 Å². The van der Waals surface area contributed by atoms with Crippen molar-refractivity contribution in [3.05, 3.63) is 52.7 Å². The SMILES string of the molecule is Cc1ccc(COc2cccnc2N)c(Cl)c1. The molecule has 0 amide bonds. The first-order chi connectivity index (χ1) is 8.16. The molecule has 4 heteroatoms. The van der Waals surface area contributed by atoms with Crippen molar-refractivity contribution in [1.29, 1.82) is 0 Å².